The second-order valence-electron chi connectivity index (χ2n) is 8.77. The maximum atomic E-state index is 13.6. The molecular weight excluding hydrogens is 392 g/mol. The molecule has 0 radical (unpaired) electrons. The summed E-state index contributed by atoms with van der Waals surface area (Å²) in [6, 6.07) is 14.6. The van der Waals surface area contributed by atoms with Crippen LogP contribution in [0.2, 0.25) is 0 Å². The monoisotopic (exact) mass is 416 g/mol. The van der Waals surface area contributed by atoms with Gasteiger partial charge in [0.1, 0.15) is 11.2 Å². The van der Waals surface area contributed by atoms with Crippen LogP contribution < -0.4 is 15.6 Å². The van der Waals surface area contributed by atoms with Crippen molar-refractivity contribution in [3.8, 4) is 5.75 Å². The van der Waals surface area contributed by atoms with Crippen LogP contribution in [0.25, 0.3) is 11.0 Å². The summed E-state index contributed by atoms with van der Waals surface area (Å²) in [4.78, 5) is 36.1. The van der Waals surface area contributed by atoms with Crippen LogP contribution in [0, 0.1) is 5.41 Å². The third-order valence-corrected chi connectivity index (χ3v) is 7.14. The highest BCUT2D eigenvalue weighted by atomic mass is 16.5. The quantitative estimate of drug-likeness (QED) is 0.640. The van der Waals surface area contributed by atoms with Crippen molar-refractivity contribution in [3.63, 3.8) is 0 Å². The van der Waals surface area contributed by atoms with Gasteiger partial charge in [0.25, 0.3) is 11.8 Å². The molecule has 3 aromatic rings. The number of hydrogen-bond donors (Lipinski definition) is 2. The molecule has 1 saturated carbocycles. The van der Waals surface area contributed by atoms with Crippen LogP contribution >= 0.6 is 0 Å². The molecule has 7 nitrogen and oxygen atoms in total. The van der Waals surface area contributed by atoms with Crippen LogP contribution in [0.5, 0.6) is 5.75 Å². The lowest BCUT2D eigenvalue weighted by molar-refractivity contribution is -0.130. The Balaban J connectivity index is 1.49. The Kier molecular flexibility index (Phi) is 4.25. The van der Waals surface area contributed by atoms with Gasteiger partial charge in [-0.05, 0) is 42.5 Å². The summed E-state index contributed by atoms with van der Waals surface area (Å²) in [5, 5.41) is 0. The number of nitrogens with one attached hydrogen (secondary N) is 2. The number of hydrazine groups is 1. The van der Waals surface area contributed by atoms with Crippen LogP contribution in [0.15, 0.2) is 48.5 Å². The van der Waals surface area contributed by atoms with Gasteiger partial charge in [-0.1, -0.05) is 38.1 Å². The number of carbonyl (C=O) groups is 2. The number of carbonyl (C=O) groups excluding carboxylic acids is 2. The number of fused-ring (bicyclic) bond motifs is 6. The van der Waals surface area contributed by atoms with Gasteiger partial charge in [-0.15, -0.1) is 0 Å². The topological polar surface area (TPSA) is 93.2 Å². The van der Waals surface area contributed by atoms with Gasteiger partial charge in [0.05, 0.1) is 35.1 Å². The summed E-state index contributed by atoms with van der Waals surface area (Å²) in [6.45, 7) is 4.20. The lowest BCUT2D eigenvalue weighted by Gasteiger charge is -2.36. The van der Waals surface area contributed by atoms with E-state index in [1.165, 1.54) is 7.11 Å². The van der Waals surface area contributed by atoms with E-state index < -0.39 is 11.3 Å². The smallest absolute Gasteiger partial charge is 0.273 e. The average Bonchev–Trinajstić information content (AvgIpc) is 3.16. The van der Waals surface area contributed by atoms with E-state index in [1.54, 1.807) is 24.3 Å². The fourth-order valence-corrected chi connectivity index (χ4v) is 5.45. The van der Waals surface area contributed by atoms with Crippen molar-refractivity contribution >= 4 is 22.8 Å². The van der Waals surface area contributed by atoms with Gasteiger partial charge in [-0.25, -0.2) is 9.97 Å². The highest BCUT2D eigenvalue weighted by Crippen LogP contribution is 2.67. The Hall–Kier alpha value is -3.48. The molecule has 2 atom stereocenters. The summed E-state index contributed by atoms with van der Waals surface area (Å²) in [7, 11) is 1.50. The van der Waals surface area contributed by atoms with Crippen LogP contribution in [0.4, 0.5) is 0 Å². The Morgan fingerprint density at radius 2 is 1.68 bits per heavy atom. The van der Waals surface area contributed by atoms with E-state index in [1.807, 2.05) is 24.3 Å². The minimum atomic E-state index is -0.849. The standard InChI is InChI=1S/C24H24N4O3/c1-23(2)15-12-13-24(23,20-19(15)25-16-9-5-6-10-17(16)26-20)22(30)28-27-21(29)14-8-4-7-11-18(14)31-3/h4-11,15H,12-13H2,1-3H3,(H,27,29)(H,28,30). The van der Waals surface area contributed by atoms with Gasteiger partial charge in [0.15, 0.2) is 0 Å². The van der Waals surface area contributed by atoms with E-state index in [2.05, 4.69) is 24.7 Å². The molecule has 5 rings (SSSR count). The summed E-state index contributed by atoms with van der Waals surface area (Å²) in [5.41, 5.74) is 7.62. The number of benzene rings is 2. The second kappa shape index (κ2) is 6.77. The summed E-state index contributed by atoms with van der Waals surface area (Å²) in [6.07, 6.45) is 1.53. The zero-order valence-corrected chi connectivity index (χ0v) is 17.7. The van der Waals surface area contributed by atoms with Gasteiger partial charge < -0.3 is 4.74 Å². The minimum absolute atomic E-state index is 0.148. The molecular formula is C24H24N4O3. The highest BCUT2D eigenvalue weighted by Gasteiger charge is 2.68. The first-order valence-corrected chi connectivity index (χ1v) is 10.4. The minimum Gasteiger partial charge on any atom is -0.496 e. The van der Waals surface area contributed by atoms with Crippen molar-refractivity contribution in [2.75, 3.05) is 7.11 Å². The van der Waals surface area contributed by atoms with Gasteiger partial charge in [0, 0.05) is 5.92 Å². The highest BCUT2D eigenvalue weighted by molar-refractivity contribution is 5.99. The number of ether oxygens (including phenoxy) is 1. The van der Waals surface area contributed by atoms with Gasteiger partial charge >= 0.3 is 0 Å². The molecule has 2 aliphatic carbocycles. The van der Waals surface area contributed by atoms with E-state index in [-0.39, 0.29) is 17.2 Å². The summed E-state index contributed by atoms with van der Waals surface area (Å²) >= 11 is 0. The molecule has 1 fully saturated rings. The molecule has 1 aromatic heterocycles. The van der Waals surface area contributed by atoms with Crippen molar-refractivity contribution in [1.82, 2.24) is 20.8 Å². The predicted octanol–water partition coefficient (Wildman–Crippen LogP) is 3.25. The van der Waals surface area contributed by atoms with E-state index in [9.17, 15) is 9.59 Å². The number of hydrogen-bond acceptors (Lipinski definition) is 5. The molecule has 2 unspecified atom stereocenters. The van der Waals surface area contributed by atoms with Gasteiger partial charge in [0.2, 0.25) is 0 Å². The lowest BCUT2D eigenvalue weighted by atomic mass is 9.68. The molecule has 2 amide bonds. The molecule has 0 spiro atoms. The normalized spacial score (nSPS) is 22.7. The zero-order chi connectivity index (χ0) is 21.8. The summed E-state index contributed by atoms with van der Waals surface area (Å²) < 4.78 is 5.25. The first-order valence-electron chi connectivity index (χ1n) is 10.4. The zero-order valence-electron chi connectivity index (χ0n) is 17.7. The molecule has 2 bridgehead atoms. The largest absolute Gasteiger partial charge is 0.496 e. The third kappa shape index (κ3) is 2.59. The van der Waals surface area contributed by atoms with E-state index in [0.29, 0.717) is 17.7 Å². The number of nitrogens with zero attached hydrogens (tertiary/aromatic N) is 2. The van der Waals surface area contributed by atoms with Crippen molar-refractivity contribution < 1.29 is 14.3 Å². The van der Waals surface area contributed by atoms with Crippen LogP contribution in [-0.2, 0) is 10.2 Å². The van der Waals surface area contributed by atoms with Crippen molar-refractivity contribution in [2.45, 2.75) is 38.0 Å². The van der Waals surface area contributed by atoms with Crippen molar-refractivity contribution in [2.24, 2.45) is 5.41 Å². The third-order valence-electron chi connectivity index (χ3n) is 7.14. The fraction of sp³-hybridized carbons (Fsp3) is 0.333. The first-order chi connectivity index (χ1) is 14.9. The van der Waals surface area contributed by atoms with E-state index in [4.69, 9.17) is 14.7 Å². The van der Waals surface area contributed by atoms with Crippen LogP contribution in [0.3, 0.4) is 0 Å². The number of methoxy groups -OCH3 is 1. The Morgan fingerprint density at radius 1 is 1.00 bits per heavy atom. The lowest BCUT2D eigenvalue weighted by Crippen LogP contribution is -2.55. The van der Waals surface area contributed by atoms with E-state index >= 15 is 0 Å². The van der Waals surface area contributed by atoms with Gasteiger partial charge in [-0.2, -0.15) is 0 Å². The Bertz CT molecular complexity index is 1220. The second-order valence-corrected chi connectivity index (χ2v) is 8.77. The molecule has 7 heteroatoms. The average molecular weight is 416 g/mol. The molecule has 31 heavy (non-hydrogen) atoms. The van der Waals surface area contributed by atoms with Crippen molar-refractivity contribution in [3.05, 3.63) is 65.5 Å². The van der Waals surface area contributed by atoms with Gasteiger partial charge in [-0.3, -0.25) is 20.4 Å². The Morgan fingerprint density at radius 3 is 2.42 bits per heavy atom. The van der Waals surface area contributed by atoms with Crippen LogP contribution in [0.1, 0.15) is 54.4 Å². The molecule has 0 saturated heterocycles. The number of amides is 2. The SMILES string of the molecule is COc1ccccc1C(=O)NNC(=O)C12CCC(c3nc4ccccc4nc31)C2(C)C. The first kappa shape index (κ1) is 19.5. The van der Waals surface area contributed by atoms with Crippen LogP contribution in [-0.4, -0.2) is 28.9 Å². The maximum Gasteiger partial charge on any atom is 0.273 e. The molecule has 1 heterocycles. The Labute approximate surface area is 180 Å². The number of para-hydroxylation sites is 3. The molecule has 2 aromatic carbocycles. The predicted molar refractivity (Wildman–Crippen MR) is 116 cm³/mol. The number of aromatic nitrogens is 2. The van der Waals surface area contributed by atoms with E-state index in [0.717, 1.165) is 28.8 Å². The molecule has 0 aliphatic heterocycles. The molecule has 2 aliphatic rings. The number of rotatable bonds is 3. The fourth-order valence-electron chi connectivity index (χ4n) is 5.45. The van der Waals surface area contributed by atoms with Crippen molar-refractivity contribution in [1.29, 1.82) is 0 Å². The summed E-state index contributed by atoms with van der Waals surface area (Å²) in [5.74, 6) is -0.101. The molecule has 158 valence electrons. The molecule has 2 N–H and O–H groups in total. The maximum absolute atomic E-state index is 13.6.